The first kappa shape index (κ1) is 17.5. The number of thiophene rings is 1. The van der Waals surface area contributed by atoms with E-state index >= 15 is 0 Å². The second kappa shape index (κ2) is 8.67. The standard InChI is InChI=1S/C19H23N3O2S/c23-18(20-11-10-17-9-5-13-25-17)15-6-4-12-22(14-15)19(24)21-16-7-2-1-3-8-16/h1-3,5,7-9,13,15H,4,6,10-12,14H2,(H,20,23)(H,21,24)/t15-/m1/s1. The van der Waals surface area contributed by atoms with Crippen molar-refractivity contribution in [1.29, 1.82) is 0 Å². The largest absolute Gasteiger partial charge is 0.355 e. The molecule has 1 aromatic carbocycles. The molecule has 1 saturated heterocycles. The van der Waals surface area contributed by atoms with Crippen LogP contribution in [0.4, 0.5) is 10.5 Å². The fraction of sp³-hybridized carbons (Fsp3) is 0.368. The summed E-state index contributed by atoms with van der Waals surface area (Å²) in [7, 11) is 0. The number of carbonyl (C=O) groups is 2. The van der Waals surface area contributed by atoms with Gasteiger partial charge in [-0.05, 0) is 42.8 Å². The number of benzene rings is 1. The minimum absolute atomic E-state index is 0.0498. The molecule has 1 atom stereocenters. The van der Waals surface area contributed by atoms with Crippen molar-refractivity contribution in [2.75, 3.05) is 25.0 Å². The van der Waals surface area contributed by atoms with E-state index in [2.05, 4.69) is 16.7 Å². The highest BCUT2D eigenvalue weighted by atomic mass is 32.1. The molecule has 6 heteroatoms. The highest BCUT2D eigenvalue weighted by Gasteiger charge is 2.28. The van der Waals surface area contributed by atoms with Crippen LogP contribution in [0.15, 0.2) is 47.8 Å². The van der Waals surface area contributed by atoms with E-state index in [1.807, 2.05) is 41.8 Å². The van der Waals surface area contributed by atoms with Crippen LogP contribution < -0.4 is 10.6 Å². The van der Waals surface area contributed by atoms with E-state index in [0.29, 0.717) is 19.6 Å². The lowest BCUT2D eigenvalue weighted by molar-refractivity contribution is -0.126. The first-order valence-electron chi connectivity index (χ1n) is 8.63. The number of nitrogens with zero attached hydrogens (tertiary/aromatic N) is 1. The zero-order valence-electron chi connectivity index (χ0n) is 14.1. The summed E-state index contributed by atoms with van der Waals surface area (Å²) >= 11 is 1.70. The normalized spacial score (nSPS) is 17.1. The molecular weight excluding hydrogens is 334 g/mol. The Kier molecular flexibility index (Phi) is 6.06. The molecular formula is C19H23N3O2S. The number of hydrogen-bond donors (Lipinski definition) is 2. The van der Waals surface area contributed by atoms with Crippen LogP contribution in [0.5, 0.6) is 0 Å². The quantitative estimate of drug-likeness (QED) is 0.862. The molecule has 1 aliphatic heterocycles. The summed E-state index contributed by atoms with van der Waals surface area (Å²) in [4.78, 5) is 27.8. The maximum Gasteiger partial charge on any atom is 0.321 e. The van der Waals surface area contributed by atoms with Crippen molar-refractivity contribution in [1.82, 2.24) is 10.2 Å². The number of piperidine rings is 1. The number of urea groups is 1. The van der Waals surface area contributed by atoms with Gasteiger partial charge in [0.15, 0.2) is 0 Å². The SMILES string of the molecule is O=C(NCCc1cccs1)[C@@H]1CCCN(C(=O)Nc2ccccc2)C1. The van der Waals surface area contributed by atoms with E-state index in [4.69, 9.17) is 0 Å². The minimum atomic E-state index is -0.137. The van der Waals surface area contributed by atoms with E-state index in [0.717, 1.165) is 24.9 Å². The van der Waals surface area contributed by atoms with Gasteiger partial charge in [0.25, 0.3) is 0 Å². The van der Waals surface area contributed by atoms with Gasteiger partial charge in [-0.2, -0.15) is 0 Å². The Morgan fingerprint density at radius 1 is 1.16 bits per heavy atom. The second-order valence-corrected chi connectivity index (χ2v) is 7.23. The summed E-state index contributed by atoms with van der Waals surface area (Å²) < 4.78 is 0. The summed E-state index contributed by atoms with van der Waals surface area (Å²) in [5.74, 6) is -0.0765. The molecule has 2 N–H and O–H groups in total. The van der Waals surface area contributed by atoms with Crippen LogP contribution in [0, 0.1) is 5.92 Å². The molecule has 0 aliphatic carbocycles. The Balaban J connectivity index is 1.46. The molecule has 3 rings (SSSR count). The zero-order chi connectivity index (χ0) is 17.5. The molecule has 25 heavy (non-hydrogen) atoms. The fourth-order valence-electron chi connectivity index (χ4n) is 3.01. The third-order valence-corrected chi connectivity index (χ3v) is 5.29. The topological polar surface area (TPSA) is 61.4 Å². The Hall–Kier alpha value is -2.34. The van der Waals surface area contributed by atoms with Crippen molar-refractivity contribution in [2.45, 2.75) is 19.3 Å². The molecule has 2 heterocycles. The van der Waals surface area contributed by atoms with E-state index in [1.54, 1.807) is 16.2 Å². The molecule has 2 aromatic rings. The summed E-state index contributed by atoms with van der Waals surface area (Å²) in [6.45, 7) is 1.81. The van der Waals surface area contributed by atoms with Gasteiger partial charge in [-0.1, -0.05) is 24.3 Å². The van der Waals surface area contributed by atoms with Crippen LogP contribution in [0.3, 0.4) is 0 Å². The van der Waals surface area contributed by atoms with Gasteiger partial charge in [0.05, 0.1) is 5.92 Å². The lowest BCUT2D eigenvalue weighted by Crippen LogP contribution is -2.47. The summed E-state index contributed by atoms with van der Waals surface area (Å²) in [5, 5.41) is 7.94. The molecule has 5 nitrogen and oxygen atoms in total. The van der Waals surface area contributed by atoms with Gasteiger partial charge < -0.3 is 15.5 Å². The predicted octanol–water partition coefficient (Wildman–Crippen LogP) is 3.35. The lowest BCUT2D eigenvalue weighted by Gasteiger charge is -2.32. The maximum atomic E-state index is 12.4. The Bertz CT molecular complexity index is 688. The Morgan fingerprint density at radius 3 is 2.76 bits per heavy atom. The summed E-state index contributed by atoms with van der Waals surface area (Å²) in [6, 6.07) is 13.4. The molecule has 1 aromatic heterocycles. The van der Waals surface area contributed by atoms with Crippen LogP contribution in [0.1, 0.15) is 17.7 Å². The van der Waals surface area contributed by atoms with Crippen molar-refractivity contribution < 1.29 is 9.59 Å². The fourth-order valence-corrected chi connectivity index (χ4v) is 3.72. The lowest BCUT2D eigenvalue weighted by atomic mass is 9.97. The third-order valence-electron chi connectivity index (χ3n) is 4.36. The van der Waals surface area contributed by atoms with Gasteiger partial charge in [-0.25, -0.2) is 4.79 Å². The summed E-state index contributed by atoms with van der Waals surface area (Å²) in [6.07, 6.45) is 2.54. The van der Waals surface area contributed by atoms with Crippen LogP contribution in [-0.2, 0) is 11.2 Å². The van der Waals surface area contributed by atoms with Gasteiger partial charge in [0.2, 0.25) is 5.91 Å². The van der Waals surface area contributed by atoms with Crippen molar-refractivity contribution >= 4 is 29.0 Å². The van der Waals surface area contributed by atoms with E-state index in [9.17, 15) is 9.59 Å². The third kappa shape index (κ3) is 5.06. The minimum Gasteiger partial charge on any atom is -0.355 e. The highest BCUT2D eigenvalue weighted by molar-refractivity contribution is 7.09. The molecule has 0 unspecified atom stereocenters. The molecule has 3 amide bonds. The number of hydrogen-bond acceptors (Lipinski definition) is 3. The van der Waals surface area contributed by atoms with Gasteiger partial charge in [0.1, 0.15) is 0 Å². The van der Waals surface area contributed by atoms with Gasteiger partial charge >= 0.3 is 6.03 Å². The zero-order valence-corrected chi connectivity index (χ0v) is 14.9. The number of carbonyl (C=O) groups excluding carboxylic acids is 2. The Morgan fingerprint density at radius 2 is 2.00 bits per heavy atom. The van der Waals surface area contributed by atoms with Crippen LogP contribution in [-0.4, -0.2) is 36.5 Å². The first-order valence-corrected chi connectivity index (χ1v) is 9.51. The van der Waals surface area contributed by atoms with E-state index in [1.165, 1.54) is 4.88 Å². The molecule has 0 spiro atoms. The molecule has 132 valence electrons. The molecule has 0 bridgehead atoms. The number of likely N-dealkylation sites (tertiary alicyclic amines) is 1. The van der Waals surface area contributed by atoms with Crippen LogP contribution in [0.25, 0.3) is 0 Å². The van der Waals surface area contributed by atoms with Gasteiger partial charge in [-0.3, -0.25) is 4.79 Å². The number of rotatable bonds is 5. The smallest absolute Gasteiger partial charge is 0.321 e. The molecule has 0 saturated carbocycles. The van der Waals surface area contributed by atoms with Crippen molar-refractivity contribution in [3.63, 3.8) is 0 Å². The number of nitrogens with one attached hydrogen (secondary N) is 2. The number of para-hydroxylation sites is 1. The molecule has 1 aliphatic rings. The molecule has 0 radical (unpaired) electrons. The monoisotopic (exact) mass is 357 g/mol. The van der Waals surface area contributed by atoms with Crippen molar-refractivity contribution in [3.05, 3.63) is 52.7 Å². The van der Waals surface area contributed by atoms with E-state index in [-0.39, 0.29) is 17.9 Å². The summed E-state index contributed by atoms with van der Waals surface area (Å²) in [5.41, 5.74) is 0.773. The Labute approximate surface area is 152 Å². The van der Waals surface area contributed by atoms with Crippen molar-refractivity contribution in [2.24, 2.45) is 5.92 Å². The second-order valence-electron chi connectivity index (χ2n) is 6.20. The van der Waals surface area contributed by atoms with Gasteiger partial charge in [-0.15, -0.1) is 11.3 Å². The number of anilines is 1. The highest BCUT2D eigenvalue weighted by Crippen LogP contribution is 2.18. The molecule has 1 fully saturated rings. The van der Waals surface area contributed by atoms with Crippen LogP contribution in [0.2, 0.25) is 0 Å². The number of amides is 3. The van der Waals surface area contributed by atoms with Crippen molar-refractivity contribution in [3.8, 4) is 0 Å². The van der Waals surface area contributed by atoms with Crippen LogP contribution >= 0.6 is 11.3 Å². The van der Waals surface area contributed by atoms with E-state index < -0.39 is 0 Å². The van der Waals surface area contributed by atoms with Gasteiger partial charge in [0, 0.05) is 30.2 Å². The maximum absolute atomic E-state index is 12.4. The predicted molar refractivity (Wildman–Crippen MR) is 101 cm³/mol. The first-order chi connectivity index (χ1) is 12.2. The average molecular weight is 357 g/mol. The average Bonchev–Trinajstić information content (AvgIpc) is 3.16.